The standard InChI is InChI=1S/C18H19ClN4O3S/c1-22-16-10-20-7-5-15(16)21-18(22)12-6-8-23(11-12)27(24,25)13-3-4-17(26-2)14(19)9-13/h3-5,7,9-10,12H,6,8,11H2,1-2H3/t12-/m1/s1. The maximum atomic E-state index is 13.0. The zero-order valence-corrected chi connectivity index (χ0v) is 16.5. The molecule has 3 aromatic rings. The van der Waals surface area contributed by atoms with E-state index in [9.17, 15) is 8.42 Å². The molecule has 1 atom stereocenters. The van der Waals surface area contributed by atoms with Crippen LogP contribution in [-0.4, -0.2) is 47.5 Å². The first kappa shape index (κ1) is 18.2. The van der Waals surface area contributed by atoms with E-state index in [0.717, 1.165) is 16.9 Å². The maximum Gasteiger partial charge on any atom is 0.243 e. The van der Waals surface area contributed by atoms with Gasteiger partial charge < -0.3 is 9.30 Å². The van der Waals surface area contributed by atoms with Crippen LogP contribution >= 0.6 is 11.6 Å². The summed E-state index contributed by atoms with van der Waals surface area (Å²) in [6.45, 7) is 0.828. The molecule has 0 radical (unpaired) electrons. The smallest absolute Gasteiger partial charge is 0.243 e. The van der Waals surface area contributed by atoms with E-state index < -0.39 is 10.0 Å². The van der Waals surface area contributed by atoms with E-state index in [1.807, 2.05) is 17.7 Å². The van der Waals surface area contributed by atoms with Gasteiger partial charge in [-0.05, 0) is 30.7 Å². The molecule has 27 heavy (non-hydrogen) atoms. The Labute approximate surface area is 162 Å². The van der Waals surface area contributed by atoms with Gasteiger partial charge >= 0.3 is 0 Å². The Morgan fingerprint density at radius 1 is 1.30 bits per heavy atom. The number of benzene rings is 1. The van der Waals surface area contributed by atoms with Crippen LogP contribution in [-0.2, 0) is 17.1 Å². The molecule has 3 heterocycles. The Kier molecular flexibility index (Phi) is 4.57. The van der Waals surface area contributed by atoms with E-state index in [1.165, 1.54) is 23.5 Å². The number of hydrogen-bond acceptors (Lipinski definition) is 5. The molecule has 2 aromatic heterocycles. The normalized spacial score (nSPS) is 18.3. The van der Waals surface area contributed by atoms with Crippen LogP contribution in [0.15, 0.2) is 41.6 Å². The van der Waals surface area contributed by atoms with Gasteiger partial charge in [0.2, 0.25) is 10.0 Å². The van der Waals surface area contributed by atoms with Crippen LogP contribution < -0.4 is 4.74 Å². The van der Waals surface area contributed by atoms with Crippen molar-refractivity contribution in [1.82, 2.24) is 18.8 Å². The number of hydrogen-bond donors (Lipinski definition) is 0. The number of rotatable bonds is 4. The Morgan fingerprint density at radius 2 is 2.11 bits per heavy atom. The average Bonchev–Trinajstić information content (AvgIpc) is 3.27. The van der Waals surface area contributed by atoms with Crippen LogP contribution in [0.3, 0.4) is 0 Å². The van der Waals surface area contributed by atoms with Gasteiger partial charge in [0, 0.05) is 32.3 Å². The van der Waals surface area contributed by atoms with Crippen molar-refractivity contribution in [2.45, 2.75) is 17.2 Å². The van der Waals surface area contributed by atoms with Crippen molar-refractivity contribution in [2.24, 2.45) is 7.05 Å². The quantitative estimate of drug-likeness (QED) is 0.665. The largest absolute Gasteiger partial charge is 0.495 e. The predicted octanol–water partition coefficient (Wildman–Crippen LogP) is 2.81. The lowest BCUT2D eigenvalue weighted by Crippen LogP contribution is -2.29. The van der Waals surface area contributed by atoms with E-state index in [2.05, 4.69) is 9.97 Å². The van der Waals surface area contributed by atoms with Gasteiger partial charge in [0.15, 0.2) is 0 Å². The number of pyridine rings is 1. The summed E-state index contributed by atoms with van der Waals surface area (Å²) in [4.78, 5) is 8.99. The minimum Gasteiger partial charge on any atom is -0.495 e. The van der Waals surface area contributed by atoms with Gasteiger partial charge in [0.1, 0.15) is 11.6 Å². The number of aromatic nitrogens is 3. The topological polar surface area (TPSA) is 77.3 Å². The molecule has 4 rings (SSSR count). The number of sulfonamides is 1. The Bertz CT molecular complexity index is 1110. The van der Waals surface area contributed by atoms with Gasteiger partial charge in [0.25, 0.3) is 0 Å². The maximum absolute atomic E-state index is 13.0. The first-order chi connectivity index (χ1) is 12.9. The molecule has 1 aliphatic rings. The second-order valence-corrected chi connectivity index (χ2v) is 8.88. The van der Waals surface area contributed by atoms with Crippen LogP contribution in [0.5, 0.6) is 5.75 Å². The summed E-state index contributed by atoms with van der Waals surface area (Å²) in [5.74, 6) is 1.36. The van der Waals surface area contributed by atoms with Crippen molar-refractivity contribution in [3.63, 3.8) is 0 Å². The predicted molar refractivity (Wildman–Crippen MR) is 103 cm³/mol. The molecular formula is C18H19ClN4O3S. The van der Waals surface area contributed by atoms with Crippen molar-refractivity contribution in [3.8, 4) is 5.75 Å². The van der Waals surface area contributed by atoms with Gasteiger partial charge in [-0.2, -0.15) is 4.31 Å². The zero-order valence-electron chi connectivity index (χ0n) is 15.0. The number of aryl methyl sites for hydroxylation is 1. The Balaban J connectivity index is 1.61. The number of ether oxygens (including phenoxy) is 1. The molecule has 0 aliphatic carbocycles. The van der Waals surface area contributed by atoms with Gasteiger partial charge in [-0.3, -0.25) is 4.98 Å². The number of methoxy groups -OCH3 is 1. The van der Waals surface area contributed by atoms with E-state index in [0.29, 0.717) is 25.3 Å². The molecule has 0 amide bonds. The van der Waals surface area contributed by atoms with Crippen molar-refractivity contribution in [1.29, 1.82) is 0 Å². The number of halogens is 1. The molecule has 0 bridgehead atoms. The molecule has 142 valence electrons. The fourth-order valence-electron chi connectivity index (χ4n) is 3.53. The summed E-state index contributed by atoms with van der Waals surface area (Å²) in [5, 5.41) is 0.275. The minimum atomic E-state index is -3.63. The molecule has 1 fully saturated rings. The first-order valence-corrected chi connectivity index (χ1v) is 10.3. The van der Waals surface area contributed by atoms with Gasteiger partial charge in [0.05, 0.1) is 34.3 Å². The van der Waals surface area contributed by atoms with Crippen LogP contribution in [0, 0.1) is 0 Å². The lowest BCUT2D eigenvalue weighted by Gasteiger charge is -2.17. The van der Waals surface area contributed by atoms with Gasteiger partial charge in [-0.15, -0.1) is 0 Å². The van der Waals surface area contributed by atoms with Crippen molar-refractivity contribution in [3.05, 3.63) is 47.5 Å². The van der Waals surface area contributed by atoms with Gasteiger partial charge in [-0.25, -0.2) is 13.4 Å². The van der Waals surface area contributed by atoms with Crippen LogP contribution in [0.1, 0.15) is 18.2 Å². The minimum absolute atomic E-state index is 0.0332. The number of nitrogens with zero attached hydrogens (tertiary/aromatic N) is 4. The molecule has 1 aliphatic heterocycles. The molecule has 0 saturated carbocycles. The summed E-state index contributed by atoms with van der Waals surface area (Å²) in [6.07, 6.45) is 4.19. The second kappa shape index (κ2) is 6.78. The molecule has 0 unspecified atom stereocenters. The summed E-state index contributed by atoms with van der Waals surface area (Å²) < 4.78 is 34.6. The Hall–Kier alpha value is -2.16. The molecule has 1 saturated heterocycles. The SMILES string of the molecule is COc1ccc(S(=O)(=O)N2CC[C@@H](c3nc4ccncc4n3C)C2)cc1Cl. The molecule has 7 nitrogen and oxygen atoms in total. The lowest BCUT2D eigenvalue weighted by atomic mass is 10.1. The number of fused-ring (bicyclic) bond motifs is 1. The summed E-state index contributed by atoms with van der Waals surface area (Å²) in [5.41, 5.74) is 1.81. The third-order valence-electron chi connectivity index (χ3n) is 4.99. The third-order valence-corrected chi connectivity index (χ3v) is 7.15. The fourth-order valence-corrected chi connectivity index (χ4v) is 5.38. The van der Waals surface area contributed by atoms with Crippen LogP contribution in [0.2, 0.25) is 5.02 Å². The Morgan fingerprint density at radius 3 is 2.81 bits per heavy atom. The second-order valence-electron chi connectivity index (χ2n) is 6.54. The summed E-state index contributed by atoms with van der Waals surface area (Å²) in [7, 11) is -0.196. The van der Waals surface area contributed by atoms with Crippen molar-refractivity contribution < 1.29 is 13.2 Å². The van der Waals surface area contributed by atoms with Crippen LogP contribution in [0.4, 0.5) is 0 Å². The average molecular weight is 407 g/mol. The lowest BCUT2D eigenvalue weighted by molar-refractivity contribution is 0.414. The highest BCUT2D eigenvalue weighted by Crippen LogP contribution is 2.34. The van der Waals surface area contributed by atoms with Crippen molar-refractivity contribution >= 4 is 32.7 Å². The molecule has 0 N–H and O–H groups in total. The van der Waals surface area contributed by atoms with Crippen molar-refractivity contribution in [2.75, 3.05) is 20.2 Å². The first-order valence-electron chi connectivity index (χ1n) is 8.52. The third kappa shape index (κ3) is 3.07. The van der Waals surface area contributed by atoms with Gasteiger partial charge in [-0.1, -0.05) is 11.6 Å². The fraction of sp³-hybridized carbons (Fsp3) is 0.333. The van der Waals surface area contributed by atoms with E-state index >= 15 is 0 Å². The molecule has 9 heteroatoms. The number of imidazole rings is 1. The molecule has 0 spiro atoms. The molecular weight excluding hydrogens is 388 g/mol. The highest BCUT2D eigenvalue weighted by molar-refractivity contribution is 7.89. The highest BCUT2D eigenvalue weighted by atomic mass is 35.5. The summed E-state index contributed by atoms with van der Waals surface area (Å²) in [6, 6.07) is 6.39. The zero-order chi connectivity index (χ0) is 19.2. The van der Waals surface area contributed by atoms with E-state index in [4.69, 9.17) is 16.3 Å². The van der Waals surface area contributed by atoms with E-state index in [-0.39, 0.29) is 15.8 Å². The van der Waals surface area contributed by atoms with E-state index in [1.54, 1.807) is 18.5 Å². The monoisotopic (exact) mass is 406 g/mol. The molecule has 1 aromatic carbocycles. The summed E-state index contributed by atoms with van der Waals surface area (Å²) >= 11 is 6.11. The van der Waals surface area contributed by atoms with Crippen LogP contribution in [0.25, 0.3) is 11.0 Å². The highest BCUT2D eigenvalue weighted by Gasteiger charge is 2.35.